The average molecular weight is 475 g/mol. The Labute approximate surface area is 196 Å². The van der Waals surface area contributed by atoms with Crippen LogP contribution < -0.4 is 10.3 Å². The van der Waals surface area contributed by atoms with E-state index in [0.29, 0.717) is 26.6 Å². The van der Waals surface area contributed by atoms with Crippen LogP contribution in [0.5, 0.6) is 0 Å². The van der Waals surface area contributed by atoms with E-state index >= 15 is 0 Å². The summed E-state index contributed by atoms with van der Waals surface area (Å²) in [7, 11) is 0. The number of nitrogens with one attached hydrogen (secondary N) is 1. The summed E-state index contributed by atoms with van der Waals surface area (Å²) in [4.78, 5) is 12.2. The van der Waals surface area contributed by atoms with Crippen molar-refractivity contribution in [2.24, 2.45) is 5.10 Å². The number of nitrogens with zero attached hydrogens (tertiary/aromatic N) is 2. The number of rotatable bonds is 14. The van der Waals surface area contributed by atoms with Gasteiger partial charge in [0, 0.05) is 11.6 Å². The third-order valence-electron chi connectivity index (χ3n) is 5.34. The van der Waals surface area contributed by atoms with Gasteiger partial charge in [0.2, 0.25) is 5.78 Å². The SMILES string of the molecule is CCCCCCCCCCCCCCNC1=NN(c2c(Cl)cc(Cl)cc2Cl)CC1=O. The molecular formula is C23H34Cl3N3O. The van der Waals surface area contributed by atoms with Gasteiger partial charge >= 0.3 is 0 Å². The lowest BCUT2D eigenvalue weighted by atomic mass is 10.1. The molecule has 0 fully saturated rings. The Morgan fingerprint density at radius 2 is 1.37 bits per heavy atom. The molecule has 0 saturated heterocycles. The van der Waals surface area contributed by atoms with Crippen LogP contribution in [-0.2, 0) is 4.79 Å². The molecule has 0 unspecified atom stereocenters. The highest BCUT2D eigenvalue weighted by Gasteiger charge is 2.27. The maximum atomic E-state index is 12.2. The Morgan fingerprint density at radius 3 is 1.90 bits per heavy atom. The van der Waals surface area contributed by atoms with Gasteiger partial charge in [-0.25, -0.2) is 0 Å². The number of hydrazone groups is 1. The lowest BCUT2D eigenvalue weighted by Gasteiger charge is -2.16. The van der Waals surface area contributed by atoms with Crippen LogP contribution in [0.15, 0.2) is 17.2 Å². The number of hydrogen-bond donors (Lipinski definition) is 1. The number of Topliss-reactive ketones (excluding diaryl/α,β-unsaturated/α-hetero) is 1. The number of anilines is 1. The van der Waals surface area contributed by atoms with E-state index in [1.165, 1.54) is 75.6 Å². The molecule has 0 bridgehead atoms. The van der Waals surface area contributed by atoms with Gasteiger partial charge in [-0.3, -0.25) is 9.80 Å². The van der Waals surface area contributed by atoms with E-state index < -0.39 is 0 Å². The van der Waals surface area contributed by atoms with Crippen LogP contribution in [0.4, 0.5) is 5.69 Å². The zero-order valence-electron chi connectivity index (χ0n) is 18.0. The second-order valence-corrected chi connectivity index (χ2v) is 9.21. The summed E-state index contributed by atoms with van der Waals surface area (Å²) in [5.74, 6) is 0.316. The summed E-state index contributed by atoms with van der Waals surface area (Å²) >= 11 is 18.4. The fraction of sp³-hybridized carbons (Fsp3) is 0.652. The number of amidine groups is 1. The molecule has 30 heavy (non-hydrogen) atoms. The fourth-order valence-corrected chi connectivity index (χ4v) is 4.65. The van der Waals surface area contributed by atoms with Gasteiger partial charge in [0.1, 0.15) is 6.54 Å². The van der Waals surface area contributed by atoms with Crippen molar-refractivity contribution in [2.75, 3.05) is 18.1 Å². The van der Waals surface area contributed by atoms with Crippen LogP contribution in [0.3, 0.4) is 0 Å². The van der Waals surface area contributed by atoms with Crippen molar-refractivity contribution in [1.29, 1.82) is 0 Å². The van der Waals surface area contributed by atoms with Crippen LogP contribution in [0.25, 0.3) is 0 Å². The molecule has 4 nitrogen and oxygen atoms in total. The Balaban J connectivity index is 1.58. The molecule has 0 spiro atoms. The molecule has 2 rings (SSSR count). The second kappa shape index (κ2) is 14.2. The maximum absolute atomic E-state index is 12.2. The van der Waals surface area contributed by atoms with E-state index in [4.69, 9.17) is 34.8 Å². The zero-order chi connectivity index (χ0) is 21.8. The molecule has 0 saturated carbocycles. The number of benzene rings is 1. The first kappa shape index (κ1) is 25.3. The number of carbonyl (C=O) groups is 1. The van der Waals surface area contributed by atoms with Crippen molar-refractivity contribution in [3.8, 4) is 0 Å². The van der Waals surface area contributed by atoms with Gasteiger partial charge in [-0.2, -0.15) is 5.10 Å². The summed E-state index contributed by atoms with van der Waals surface area (Å²) in [6, 6.07) is 3.20. The molecule has 168 valence electrons. The monoisotopic (exact) mass is 473 g/mol. The largest absolute Gasteiger partial charge is 0.366 e. The first-order valence-corrected chi connectivity index (χ1v) is 12.4. The molecule has 1 aliphatic heterocycles. The standard InChI is InChI=1S/C23H34Cl3N3O/c1-2-3-4-5-6-7-8-9-10-11-12-13-14-27-23-21(30)17-29(28-23)22-19(25)15-18(24)16-20(22)26/h15-16H,2-14,17H2,1H3,(H,27,28). The van der Waals surface area contributed by atoms with Crippen molar-refractivity contribution >= 4 is 52.1 Å². The molecule has 1 aromatic carbocycles. The normalized spacial score (nSPS) is 13.8. The Bertz CT molecular complexity index is 686. The van der Waals surface area contributed by atoms with E-state index in [0.717, 1.165) is 13.0 Å². The molecule has 0 radical (unpaired) electrons. The van der Waals surface area contributed by atoms with E-state index in [1.54, 1.807) is 12.1 Å². The van der Waals surface area contributed by atoms with Crippen molar-refractivity contribution in [2.45, 2.75) is 84.0 Å². The molecule has 1 N–H and O–H groups in total. The van der Waals surface area contributed by atoms with E-state index in [-0.39, 0.29) is 12.3 Å². The lowest BCUT2D eigenvalue weighted by molar-refractivity contribution is -0.111. The minimum atomic E-state index is -0.0592. The predicted octanol–water partition coefficient (Wildman–Crippen LogP) is 7.64. The molecule has 1 heterocycles. The average Bonchev–Trinajstić information content (AvgIpc) is 3.04. The van der Waals surface area contributed by atoms with E-state index in [9.17, 15) is 4.79 Å². The van der Waals surface area contributed by atoms with Gasteiger partial charge in [-0.05, 0) is 18.6 Å². The molecule has 0 amide bonds. The van der Waals surface area contributed by atoms with Crippen LogP contribution in [0, 0.1) is 0 Å². The molecular weight excluding hydrogens is 441 g/mol. The topological polar surface area (TPSA) is 44.7 Å². The molecule has 1 aromatic rings. The number of unbranched alkanes of at least 4 members (excludes halogenated alkanes) is 11. The number of halogens is 3. The quantitative estimate of drug-likeness (QED) is 0.282. The molecule has 0 atom stereocenters. The van der Waals surface area contributed by atoms with Crippen molar-refractivity contribution in [1.82, 2.24) is 5.32 Å². The maximum Gasteiger partial charge on any atom is 0.220 e. The summed E-state index contributed by atoms with van der Waals surface area (Å²) in [6.45, 7) is 3.14. The smallest absolute Gasteiger partial charge is 0.220 e. The fourth-order valence-electron chi connectivity index (χ4n) is 3.64. The summed E-state index contributed by atoms with van der Waals surface area (Å²) in [5.41, 5.74) is 0.512. The molecule has 7 heteroatoms. The highest BCUT2D eigenvalue weighted by atomic mass is 35.5. The highest BCUT2D eigenvalue weighted by Crippen LogP contribution is 2.37. The van der Waals surface area contributed by atoms with Gasteiger partial charge in [-0.1, -0.05) is 112 Å². The van der Waals surface area contributed by atoms with Crippen LogP contribution >= 0.6 is 34.8 Å². The Hall–Kier alpha value is -0.970. The number of hydrogen-bond acceptors (Lipinski definition) is 4. The van der Waals surface area contributed by atoms with Gasteiger partial charge in [0.25, 0.3) is 0 Å². The molecule has 1 aliphatic rings. The van der Waals surface area contributed by atoms with Gasteiger partial charge in [-0.15, -0.1) is 0 Å². The lowest BCUT2D eigenvalue weighted by Crippen LogP contribution is -2.30. The van der Waals surface area contributed by atoms with Gasteiger partial charge < -0.3 is 5.32 Å². The van der Waals surface area contributed by atoms with Gasteiger partial charge in [0.05, 0.1) is 15.7 Å². The number of ketones is 1. The minimum Gasteiger partial charge on any atom is -0.366 e. The van der Waals surface area contributed by atoms with Crippen LogP contribution in [-0.4, -0.2) is 24.7 Å². The summed E-state index contributed by atoms with van der Waals surface area (Å²) < 4.78 is 0. The molecule has 0 aliphatic carbocycles. The van der Waals surface area contributed by atoms with Gasteiger partial charge in [0.15, 0.2) is 5.84 Å². The summed E-state index contributed by atoms with van der Waals surface area (Å²) in [6.07, 6.45) is 15.7. The van der Waals surface area contributed by atoms with Crippen molar-refractivity contribution in [3.05, 3.63) is 27.2 Å². The minimum absolute atomic E-state index is 0.0592. The Kier molecular flexibility index (Phi) is 11.9. The van der Waals surface area contributed by atoms with Crippen LogP contribution in [0.1, 0.15) is 84.0 Å². The summed E-state index contributed by atoms with van der Waals surface area (Å²) in [5, 5.41) is 10.3. The molecule has 0 aromatic heterocycles. The predicted molar refractivity (Wildman–Crippen MR) is 130 cm³/mol. The van der Waals surface area contributed by atoms with Crippen molar-refractivity contribution in [3.63, 3.8) is 0 Å². The second-order valence-electron chi connectivity index (χ2n) is 7.96. The van der Waals surface area contributed by atoms with E-state index in [2.05, 4.69) is 17.3 Å². The highest BCUT2D eigenvalue weighted by molar-refractivity contribution is 6.44. The third-order valence-corrected chi connectivity index (χ3v) is 6.14. The Morgan fingerprint density at radius 1 is 0.867 bits per heavy atom. The first-order chi connectivity index (χ1) is 14.5. The van der Waals surface area contributed by atoms with Crippen LogP contribution in [0.2, 0.25) is 15.1 Å². The number of carbonyl (C=O) groups excluding carboxylic acids is 1. The first-order valence-electron chi connectivity index (χ1n) is 11.3. The van der Waals surface area contributed by atoms with E-state index in [1.807, 2.05) is 0 Å². The van der Waals surface area contributed by atoms with Crippen molar-refractivity contribution < 1.29 is 4.79 Å². The zero-order valence-corrected chi connectivity index (χ0v) is 20.3. The third kappa shape index (κ3) is 8.64.